The Kier molecular flexibility index (Phi) is 4.88. The van der Waals surface area contributed by atoms with E-state index < -0.39 is 18.7 Å². The van der Waals surface area contributed by atoms with E-state index in [0.29, 0.717) is 0 Å². The zero-order valence-corrected chi connectivity index (χ0v) is 6.92. The molecule has 0 heterocycles. The number of rotatable bonds is 4. The summed E-state index contributed by atoms with van der Waals surface area (Å²) in [6, 6.07) is -0.836. The van der Waals surface area contributed by atoms with Gasteiger partial charge in [0.05, 0.1) is 0 Å². The van der Waals surface area contributed by atoms with Crippen molar-refractivity contribution < 1.29 is 15.0 Å². The van der Waals surface area contributed by atoms with Gasteiger partial charge < -0.3 is 10.2 Å². The van der Waals surface area contributed by atoms with Crippen molar-refractivity contribution in [3.05, 3.63) is 0 Å². The largest absolute Gasteiger partial charge is 0.480 e. The Morgan fingerprint density at radius 2 is 2.20 bits per heavy atom. The monoisotopic (exact) mass is 183 g/mol. The molecule has 0 aromatic heterocycles. The SMILES string of the molecule is O=C(O)[C@H](CS)N(S)CO. The number of hydrogen-bond acceptors (Lipinski definition) is 5. The van der Waals surface area contributed by atoms with E-state index in [9.17, 15) is 4.79 Å². The smallest absolute Gasteiger partial charge is 0.322 e. The number of aliphatic carboxylic acids is 1. The maximum atomic E-state index is 10.3. The van der Waals surface area contributed by atoms with Crippen molar-refractivity contribution >= 4 is 31.4 Å². The molecule has 0 spiro atoms. The highest BCUT2D eigenvalue weighted by Crippen LogP contribution is 2.03. The van der Waals surface area contributed by atoms with Crippen LogP contribution >= 0.6 is 25.4 Å². The topological polar surface area (TPSA) is 60.8 Å². The maximum absolute atomic E-state index is 10.3. The van der Waals surface area contributed by atoms with Crippen LogP contribution in [0.3, 0.4) is 0 Å². The van der Waals surface area contributed by atoms with Crippen LogP contribution in [0.4, 0.5) is 0 Å². The van der Waals surface area contributed by atoms with Crippen molar-refractivity contribution in [1.29, 1.82) is 0 Å². The Bertz CT molecular complexity index is 121. The summed E-state index contributed by atoms with van der Waals surface area (Å²) in [5.74, 6) is -0.918. The average Bonchev–Trinajstić information content (AvgIpc) is 1.88. The molecule has 0 fully saturated rings. The second kappa shape index (κ2) is 4.84. The van der Waals surface area contributed by atoms with E-state index in [2.05, 4.69) is 25.4 Å². The summed E-state index contributed by atoms with van der Waals surface area (Å²) >= 11 is 7.46. The average molecular weight is 183 g/mol. The third-order valence-corrected chi connectivity index (χ3v) is 1.71. The molecule has 0 amide bonds. The molecule has 6 heteroatoms. The molecule has 0 aliphatic carbocycles. The van der Waals surface area contributed by atoms with E-state index in [1.54, 1.807) is 0 Å². The molecular weight excluding hydrogens is 174 g/mol. The van der Waals surface area contributed by atoms with Crippen molar-refractivity contribution in [3.8, 4) is 0 Å². The molecule has 0 aliphatic heterocycles. The minimum atomic E-state index is -1.04. The summed E-state index contributed by atoms with van der Waals surface area (Å²) in [6.45, 7) is -0.402. The van der Waals surface area contributed by atoms with Gasteiger partial charge in [0, 0.05) is 5.75 Å². The third kappa shape index (κ3) is 2.78. The van der Waals surface area contributed by atoms with Gasteiger partial charge in [-0.1, -0.05) is 12.8 Å². The van der Waals surface area contributed by atoms with Gasteiger partial charge in [-0.2, -0.15) is 12.6 Å². The van der Waals surface area contributed by atoms with Crippen molar-refractivity contribution in [1.82, 2.24) is 4.31 Å². The molecule has 0 aliphatic rings. The molecular formula is C4H9NO3S2. The first-order chi connectivity index (χ1) is 4.63. The fourth-order valence-electron chi connectivity index (χ4n) is 0.398. The maximum Gasteiger partial charge on any atom is 0.322 e. The van der Waals surface area contributed by atoms with Gasteiger partial charge in [-0.05, 0) is 0 Å². The molecule has 1 atom stereocenters. The van der Waals surface area contributed by atoms with Crippen LogP contribution in [0.2, 0.25) is 0 Å². The second-order valence-electron chi connectivity index (χ2n) is 1.62. The molecule has 60 valence electrons. The fraction of sp³-hybridized carbons (Fsp3) is 0.750. The molecule has 0 aromatic rings. The van der Waals surface area contributed by atoms with Crippen LogP contribution in [0.5, 0.6) is 0 Å². The number of carboxylic acid groups (broad SMARTS) is 1. The van der Waals surface area contributed by atoms with Crippen LogP contribution in [0.1, 0.15) is 0 Å². The van der Waals surface area contributed by atoms with Gasteiger partial charge in [0.2, 0.25) is 0 Å². The second-order valence-corrected chi connectivity index (χ2v) is 2.50. The number of thiol groups is 2. The predicted molar refractivity (Wildman–Crippen MR) is 43.2 cm³/mol. The van der Waals surface area contributed by atoms with Gasteiger partial charge in [0.15, 0.2) is 0 Å². The molecule has 0 radical (unpaired) electrons. The number of carbonyl (C=O) groups is 1. The van der Waals surface area contributed by atoms with E-state index in [0.717, 1.165) is 4.31 Å². The molecule has 4 nitrogen and oxygen atoms in total. The lowest BCUT2D eigenvalue weighted by Crippen LogP contribution is -2.37. The Morgan fingerprint density at radius 3 is 2.30 bits per heavy atom. The minimum absolute atomic E-state index is 0.124. The Labute approximate surface area is 69.8 Å². The number of aliphatic hydroxyl groups is 1. The Hall–Kier alpha value is 0.0900. The summed E-state index contributed by atoms with van der Waals surface area (Å²) in [5.41, 5.74) is 0. The van der Waals surface area contributed by atoms with Crippen LogP contribution in [-0.4, -0.2) is 39.0 Å². The van der Waals surface area contributed by atoms with Crippen LogP contribution in [0, 0.1) is 0 Å². The number of carboxylic acids is 1. The standard InChI is InChI=1S/C4H9NO3S2/c6-2-5(10)3(1-9)4(7)8/h3,6,9-10H,1-2H2,(H,7,8)/t3-/m0/s1. The number of aliphatic hydroxyl groups excluding tert-OH is 1. The summed E-state index contributed by atoms with van der Waals surface area (Å²) in [7, 11) is 0. The number of nitrogens with zero attached hydrogens (tertiary/aromatic N) is 1. The highest BCUT2D eigenvalue weighted by Gasteiger charge is 2.20. The molecule has 0 unspecified atom stereocenters. The lowest BCUT2D eigenvalue weighted by Gasteiger charge is -2.18. The quantitative estimate of drug-likeness (QED) is 0.349. The lowest BCUT2D eigenvalue weighted by atomic mass is 10.3. The van der Waals surface area contributed by atoms with Crippen LogP contribution < -0.4 is 0 Å². The van der Waals surface area contributed by atoms with E-state index in [-0.39, 0.29) is 5.75 Å². The first kappa shape index (κ1) is 10.1. The van der Waals surface area contributed by atoms with Gasteiger partial charge in [-0.3, -0.25) is 4.79 Å². The molecule has 2 N–H and O–H groups in total. The zero-order valence-electron chi connectivity index (χ0n) is 5.14. The highest BCUT2D eigenvalue weighted by molar-refractivity contribution is 7.80. The van der Waals surface area contributed by atoms with E-state index in [4.69, 9.17) is 10.2 Å². The lowest BCUT2D eigenvalue weighted by molar-refractivity contribution is -0.141. The van der Waals surface area contributed by atoms with Gasteiger partial charge in [0.25, 0.3) is 0 Å². The van der Waals surface area contributed by atoms with E-state index in [1.807, 2.05) is 0 Å². The molecule has 0 saturated carbocycles. The van der Waals surface area contributed by atoms with Crippen molar-refractivity contribution in [2.45, 2.75) is 6.04 Å². The van der Waals surface area contributed by atoms with Gasteiger partial charge in [-0.15, -0.1) is 0 Å². The van der Waals surface area contributed by atoms with Gasteiger partial charge in [-0.25, -0.2) is 4.31 Å². The summed E-state index contributed by atoms with van der Waals surface area (Å²) < 4.78 is 0.995. The van der Waals surface area contributed by atoms with E-state index >= 15 is 0 Å². The first-order valence-electron chi connectivity index (χ1n) is 2.53. The summed E-state index contributed by atoms with van der Waals surface area (Å²) in [5, 5.41) is 16.9. The highest BCUT2D eigenvalue weighted by atomic mass is 32.1. The normalized spacial score (nSPS) is 13.6. The van der Waals surface area contributed by atoms with Crippen LogP contribution in [-0.2, 0) is 4.79 Å². The minimum Gasteiger partial charge on any atom is -0.480 e. The molecule has 0 rings (SSSR count). The van der Waals surface area contributed by atoms with Gasteiger partial charge in [0.1, 0.15) is 12.8 Å². The van der Waals surface area contributed by atoms with Gasteiger partial charge >= 0.3 is 5.97 Å². The zero-order chi connectivity index (χ0) is 8.15. The summed E-state index contributed by atoms with van der Waals surface area (Å²) in [4.78, 5) is 10.3. The summed E-state index contributed by atoms with van der Waals surface area (Å²) in [6.07, 6.45) is 0. The molecule has 0 bridgehead atoms. The van der Waals surface area contributed by atoms with Crippen molar-refractivity contribution in [3.63, 3.8) is 0 Å². The molecule has 0 aromatic carbocycles. The van der Waals surface area contributed by atoms with Crippen molar-refractivity contribution in [2.24, 2.45) is 0 Å². The van der Waals surface area contributed by atoms with Crippen molar-refractivity contribution in [2.75, 3.05) is 12.5 Å². The Morgan fingerprint density at radius 1 is 1.70 bits per heavy atom. The van der Waals surface area contributed by atoms with Crippen LogP contribution in [0.15, 0.2) is 0 Å². The first-order valence-corrected chi connectivity index (χ1v) is 3.56. The number of hydrogen-bond donors (Lipinski definition) is 4. The third-order valence-electron chi connectivity index (χ3n) is 0.963. The Balaban J connectivity index is 3.92. The fourth-order valence-corrected chi connectivity index (χ4v) is 1.06. The predicted octanol–water partition coefficient (Wildman–Crippen LogP) is -0.534. The molecule has 10 heavy (non-hydrogen) atoms. The van der Waals surface area contributed by atoms with Crippen LogP contribution in [0.25, 0.3) is 0 Å². The van der Waals surface area contributed by atoms with E-state index in [1.165, 1.54) is 0 Å². The molecule has 0 saturated heterocycles.